The van der Waals surface area contributed by atoms with Crippen molar-refractivity contribution in [1.29, 1.82) is 0 Å². The number of benzene rings is 2. The van der Waals surface area contributed by atoms with Crippen LogP contribution in [0.5, 0.6) is 5.75 Å². The smallest absolute Gasteiger partial charge is 0.253 e. The fourth-order valence-electron chi connectivity index (χ4n) is 3.97. The average Bonchev–Trinajstić information content (AvgIpc) is 3.41. The third-order valence-electron chi connectivity index (χ3n) is 5.88. The number of para-hydroxylation sites is 1. The summed E-state index contributed by atoms with van der Waals surface area (Å²) in [5.41, 5.74) is 0.676. The molecule has 2 aromatic carbocycles. The highest BCUT2D eigenvalue weighted by atomic mass is 32.2. The Kier molecular flexibility index (Phi) is 7.52. The van der Waals surface area contributed by atoms with Gasteiger partial charge in [-0.25, -0.2) is 8.42 Å². The van der Waals surface area contributed by atoms with Crippen molar-refractivity contribution in [1.82, 2.24) is 9.62 Å². The van der Waals surface area contributed by atoms with E-state index in [1.54, 1.807) is 48.5 Å². The normalized spacial score (nSPS) is 16.4. The molecule has 0 saturated carbocycles. The maximum absolute atomic E-state index is 13.1. The molecule has 0 unspecified atom stereocenters. The first-order valence-corrected chi connectivity index (χ1v) is 12.7. The van der Waals surface area contributed by atoms with Gasteiger partial charge in [-0.05, 0) is 61.4 Å². The zero-order valence-corrected chi connectivity index (χ0v) is 20.1. The Labute approximate surface area is 204 Å². The van der Waals surface area contributed by atoms with Crippen LogP contribution in [0, 0.1) is 5.92 Å². The molecule has 1 saturated heterocycles. The van der Waals surface area contributed by atoms with Crippen LogP contribution < -0.4 is 15.4 Å². The molecular formula is C25H27N3O6S. The Hall–Kier alpha value is -3.63. The van der Waals surface area contributed by atoms with E-state index in [2.05, 4.69) is 10.6 Å². The van der Waals surface area contributed by atoms with Crippen LogP contribution in [0.15, 0.2) is 76.2 Å². The molecule has 35 heavy (non-hydrogen) atoms. The summed E-state index contributed by atoms with van der Waals surface area (Å²) < 4.78 is 37.9. The van der Waals surface area contributed by atoms with Gasteiger partial charge in [-0.1, -0.05) is 12.1 Å². The Morgan fingerprint density at radius 2 is 1.86 bits per heavy atom. The number of sulfonamides is 1. The number of hydrogen-bond acceptors (Lipinski definition) is 6. The van der Waals surface area contributed by atoms with Crippen molar-refractivity contribution in [3.63, 3.8) is 0 Å². The molecule has 1 aliphatic heterocycles. The van der Waals surface area contributed by atoms with Crippen molar-refractivity contribution in [3.05, 3.63) is 78.3 Å². The molecule has 2 N–H and O–H groups in total. The number of methoxy groups -OCH3 is 1. The predicted molar refractivity (Wildman–Crippen MR) is 129 cm³/mol. The van der Waals surface area contributed by atoms with E-state index in [0.717, 1.165) is 0 Å². The lowest BCUT2D eigenvalue weighted by molar-refractivity contribution is -0.120. The number of carbonyl (C=O) groups is 2. The second-order valence-electron chi connectivity index (χ2n) is 8.17. The zero-order valence-electron chi connectivity index (χ0n) is 19.3. The molecule has 0 bridgehead atoms. The molecule has 9 nitrogen and oxygen atoms in total. The third kappa shape index (κ3) is 5.72. The van der Waals surface area contributed by atoms with Gasteiger partial charge in [-0.15, -0.1) is 0 Å². The minimum Gasteiger partial charge on any atom is -0.497 e. The molecule has 1 atom stereocenters. The van der Waals surface area contributed by atoms with Crippen LogP contribution in [0.25, 0.3) is 0 Å². The first-order chi connectivity index (χ1) is 16.9. The quantitative estimate of drug-likeness (QED) is 0.493. The molecule has 0 spiro atoms. The number of rotatable bonds is 8. The molecule has 2 amide bonds. The van der Waals surface area contributed by atoms with Gasteiger partial charge in [0.15, 0.2) is 0 Å². The van der Waals surface area contributed by atoms with E-state index in [-0.39, 0.29) is 29.8 Å². The fourth-order valence-corrected chi connectivity index (χ4v) is 5.50. The van der Waals surface area contributed by atoms with Crippen LogP contribution in [0.1, 0.15) is 29.0 Å². The zero-order chi connectivity index (χ0) is 24.8. The fraction of sp³-hybridized carbons (Fsp3) is 0.280. The Balaban J connectivity index is 1.43. The van der Waals surface area contributed by atoms with Crippen molar-refractivity contribution in [2.45, 2.75) is 24.3 Å². The largest absolute Gasteiger partial charge is 0.497 e. The highest BCUT2D eigenvalue weighted by Gasteiger charge is 2.33. The van der Waals surface area contributed by atoms with Gasteiger partial charge < -0.3 is 19.8 Å². The lowest BCUT2D eigenvalue weighted by Gasteiger charge is -2.31. The molecule has 3 aromatic rings. The Morgan fingerprint density at radius 3 is 2.57 bits per heavy atom. The van der Waals surface area contributed by atoms with E-state index < -0.39 is 15.9 Å². The lowest BCUT2D eigenvalue weighted by atomic mass is 9.98. The molecule has 10 heteroatoms. The summed E-state index contributed by atoms with van der Waals surface area (Å²) in [5, 5.41) is 5.59. The number of amides is 2. The summed E-state index contributed by atoms with van der Waals surface area (Å²) in [5.74, 6) is -0.0569. The Bertz CT molecular complexity index is 1270. The molecule has 0 aliphatic carbocycles. The maximum Gasteiger partial charge on any atom is 0.253 e. The van der Waals surface area contributed by atoms with E-state index in [1.165, 1.54) is 29.8 Å². The summed E-state index contributed by atoms with van der Waals surface area (Å²) in [6.07, 6.45) is 2.63. The number of furan rings is 1. The molecular weight excluding hydrogens is 470 g/mol. The van der Waals surface area contributed by atoms with E-state index in [1.807, 2.05) is 0 Å². The van der Waals surface area contributed by atoms with Crippen LogP contribution in [-0.2, 0) is 21.4 Å². The van der Waals surface area contributed by atoms with Gasteiger partial charge in [0.1, 0.15) is 11.5 Å². The van der Waals surface area contributed by atoms with Gasteiger partial charge in [0, 0.05) is 13.1 Å². The molecule has 1 fully saturated rings. The van der Waals surface area contributed by atoms with Crippen LogP contribution >= 0.6 is 0 Å². The maximum atomic E-state index is 13.1. The van der Waals surface area contributed by atoms with E-state index >= 15 is 0 Å². The summed E-state index contributed by atoms with van der Waals surface area (Å²) >= 11 is 0. The van der Waals surface area contributed by atoms with Crippen molar-refractivity contribution in [2.75, 3.05) is 25.5 Å². The summed E-state index contributed by atoms with van der Waals surface area (Å²) in [6, 6.07) is 16.4. The predicted octanol–water partition coefficient (Wildman–Crippen LogP) is 3.26. The topological polar surface area (TPSA) is 118 Å². The first kappa shape index (κ1) is 24.5. The summed E-state index contributed by atoms with van der Waals surface area (Å²) in [4.78, 5) is 25.9. The van der Waals surface area contributed by atoms with Gasteiger partial charge in [-0.3, -0.25) is 9.59 Å². The number of anilines is 1. The van der Waals surface area contributed by atoms with Crippen molar-refractivity contribution in [3.8, 4) is 5.75 Å². The molecule has 1 aliphatic rings. The van der Waals surface area contributed by atoms with Gasteiger partial charge in [0.2, 0.25) is 15.9 Å². The van der Waals surface area contributed by atoms with Gasteiger partial charge in [-0.2, -0.15) is 4.31 Å². The highest BCUT2D eigenvalue weighted by Crippen LogP contribution is 2.26. The number of piperidine rings is 1. The highest BCUT2D eigenvalue weighted by molar-refractivity contribution is 7.89. The Morgan fingerprint density at radius 1 is 1.09 bits per heavy atom. The van der Waals surface area contributed by atoms with E-state index in [4.69, 9.17) is 9.15 Å². The van der Waals surface area contributed by atoms with Crippen molar-refractivity contribution < 1.29 is 27.2 Å². The average molecular weight is 498 g/mol. The second-order valence-corrected chi connectivity index (χ2v) is 10.1. The van der Waals surface area contributed by atoms with Gasteiger partial charge in [0.25, 0.3) is 5.91 Å². The molecule has 0 radical (unpaired) electrons. The number of carbonyl (C=O) groups excluding carboxylic acids is 2. The van der Waals surface area contributed by atoms with E-state index in [0.29, 0.717) is 42.1 Å². The van der Waals surface area contributed by atoms with E-state index in [9.17, 15) is 18.0 Å². The molecule has 2 heterocycles. The number of nitrogens with zero attached hydrogens (tertiary/aromatic N) is 1. The summed E-state index contributed by atoms with van der Waals surface area (Å²) in [6.45, 7) is 0.617. The number of ether oxygens (including phenoxy) is 1. The standard InChI is InChI=1S/C25H27N3O6S/c1-33-19-10-12-21(13-11-19)35(31,32)28-14-4-6-18(17-28)24(29)27-23-9-3-2-8-22(23)25(30)26-16-20-7-5-15-34-20/h2-3,5,7-13,15,18H,4,6,14,16-17H2,1H3,(H,26,30)(H,27,29)/t18-/m1/s1. The van der Waals surface area contributed by atoms with Crippen LogP contribution in [0.2, 0.25) is 0 Å². The van der Waals surface area contributed by atoms with Crippen LogP contribution in [0.4, 0.5) is 5.69 Å². The number of nitrogens with one attached hydrogen (secondary N) is 2. The number of hydrogen-bond donors (Lipinski definition) is 2. The second kappa shape index (κ2) is 10.7. The monoisotopic (exact) mass is 497 g/mol. The van der Waals surface area contributed by atoms with Crippen molar-refractivity contribution >= 4 is 27.5 Å². The van der Waals surface area contributed by atoms with Crippen LogP contribution in [-0.4, -0.2) is 44.7 Å². The SMILES string of the molecule is COc1ccc(S(=O)(=O)N2CCC[C@@H](C(=O)Nc3ccccc3C(=O)NCc3ccco3)C2)cc1. The first-order valence-electron chi connectivity index (χ1n) is 11.2. The van der Waals surface area contributed by atoms with Gasteiger partial charge in [0.05, 0.1) is 42.0 Å². The summed E-state index contributed by atoms with van der Waals surface area (Å²) in [7, 11) is -2.24. The molecule has 4 rings (SSSR count). The third-order valence-corrected chi connectivity index (χ3v) is 7.76. The molecule has 184 valence electrons. The lowest BCUT2D eigenvalue weighted by Crippen LogP contribution is -2.43. The minimum atomic E-state index is -3.75. The van der Waals surface area contributed by atoms with Crippen molar-refractivity contribution in [2.24, 2.45) is 5.92 Å². The molecule has 1 aromatic heterocycles. The van der Waals surface area contributed by atoms with Gasteiger partial charge >= 0.3 is 0 Å². The minimum absolute atomic E-state index is 0.0626. The van der Waals surface area contributed by atoms with Crippen LogP contribution in [0.3, 0.4) is 0 Å².